The zero-order valence-electron chi connectivity index (χ0n) is 16.9. The van der Waals surface area contributed by atoms with E-state index >= 15 is 0 Å². The van der Waals surface area contributed by atoms with Crippen LogP contribution in [0.3, 0.4) is 0 Å². The third-order valence-electron chi connectivity index (χ3n) is 9.70. The second kappa shape index (κ2) is 6.21. The maximum absolute atomic E-state index is 13.0. The van der Waals surface area contributed by atoms with E-state index in [0.717, 1.165) is 60.7 Å². The summed E-state index contributed by atoms with van der Waals surface area (Å²) >= 11 is 0. The largest absolute Gasteiger partial charge is 0.463 e. The Morgan fingerprint density at radius 1 is 0.926 bits per heavy atom. The summed E-state index contributed by atoms with van der Waals surface area (Å²) in [5.41, 5.74) is -0.127. The molecule has 6 bridgehead atoms. The Labute approximate surface area is 163 Å². The molecule has 0 aromatic carbocycles. The second-order valence-corrected chi connectivity index (χ2v) is 11.4. The molecule has 3 nitrogen and oxygen atoms in total. The minimum absolute atomic E-state index is 0.0482. The first-order valence-corrected chi connectivity index (χ1v) is 11.9. The SMILES string of the molecule is CC(COC(=O)C12CC3CC(CC(C3)C1)C2)OC1CC2CC1C1CCCC21. The smallest absolute Gasteiger partial charge is 0.312 e. The lowest BCUT2D eigenvalue weighted by atomic mass is 9.49. The first kappa shape index (κ1) is 17.3. The predicted molar refractivity (Wildman–Crippen MR) is 103 cm³/mol. The third kappa shape index (κ3) is 2.74. The molecule has 0 spiro atoms. The Morgan fingerprint density at radius 3 is 2.30 bits per heavy atom. The summed E-state index contributed by atoms with van der Waals surface area (Å²) in [4.78, 5) is 13.0. The van der Waals surface area contributed by atoms with Crippen molar-refractivity contribution in [3.8, 4) is 0 Å². The Balaban J connectivity index is 1.03. The summed E-state index contributed by atoms with van der Waals surface area (Å²) in [5, 5.41) is 0. The van der Waals surface area contributed by atoms with Gasteiger partial charge in [-0.05, 0) is 113 Å². The number of hydrogen-bond acceptors (Lipinski definition) is 3. The zero-order chi connectivity index (χ0) is 18.2. The van der Waals surface area contributed by atoms with E-state index < -0.39 is 0 Å². The first-order valence-electron chi connectivity index (χ1n) is 11.9. The molecule has 0 aliphatic heterocycles. The molecular weight excluding hydrogens is 336 g/mol. The van der Waals surface area contributed by atoms with E-state index in [1.807, 2.05) is 0 Å². The van der Waals surface area contributed by atoms with Crippen LogP contribution in [0.4, 0.5) is 0 Å². The third-order valence-corrected chi connectivity index (χ3v) is 9.70. The van der Waals surface area contributed by atoms with Crippen LogP contribution in [-0.4, -0.2) is 24.8 Å². The van der Waals surface area contributed by atoms with Crippen molar-refractivity contribution < 1.29 is 14.3 Å². The highest BCUT2D eigenvalue weighted by atomic mass is 16.6. The highest BCUT2D eigenvalue weighted by molar-refractivity contribution is 5.77. The van der Waals surface area contributed by atoms with Crippen molar-refractivity contribution in [1.29, 1.82) is 0 Å². The number of fused-ring (bicyclic) bond motifs is 5. The molecule has 0 N–H and O–H groups in total. The van der Waals surface area contributed by atoms with E-state index in [9.17, 15) is 4.79 Å². The number of hydrogen-bond donors (Lipinski definition) is 0. The summed E-state index contributed by atoms with van der Waals surface area (Å²) in [6.45, 7) is 2.58. The molecule has 7 rings (SSSR count). The molecule has 0 radical (unpaired) electrons. The standard InChI is InChI=1S/C24H36O3/c1-14(27-22-9-18-8-21(22)20-4-2-3-19(18)20)13-26-23(25)24-10-15-5-16(11-24)7-17(6-15)12-24/h14-22H,2-13H2,1H3. The highest BCUT2D eigenvalue weighted by Crippen LogP contribution is 2.61. The maximum atomic E-state index is 13.0. The van der Waals surface area contributed by atoms with Crippen molar-refractivity contribution in [1.82, 2.24) is 0 Å². The summed E-state index contributed by atoms with van der Waals surface area (Å²) in [6, 6.07) is 0. The van der Waals surface area contributed by atoms with Gasteiger partial charge in [-0.15, -0.1) is 0 Å². The number of esters is 1. The van der Waals surface area contributed by atoms with Gasteiger partial charge in [-0.1, -0.05) is 6.42 Å². The van der Waals surface area contributed by atoms with Gasteiger partial charge in [0.1, 0.15) is 6.61 Å². The minimum atomic E-state index is -0.127. The Bertz CT molecular complexity index is 577. The van der Waals surface area contributed by atoms with Crippen LogP contribution in [0.1, 0.15) is 77.6 Å². The number of carbonyl (C=O) groups excluding carboxylic acids is 1. The molecule has 0 heterocycles. The van der Waals surface area contributed by atoms with Gasteiger partial charge in [0.15, 0.2) is 0 Å². The fourth-order valence-corrected chi connectivity index (χ4v) is 9.21. The fraction of sp³-hybridized carbons (Fsp3) is 0.958. The summed E-state index contributed by atoms with van der Waals surface area (Å²) in [6.07, 6.45) is 14.9. The van der Waals surface area contributed by atoms with Crippen molar-refractivity contribution in [3.63, 3.8) is 0 Å². The number of rotatable bonds is 5. The molecule has 6 atom stereocenters. The van der Waals surface area contributed by atoms with Crippen molar-refractivity contribution in [2.45, 2.75) is 89.8 Å². The molecule has 0 saturated heterocycles. The Hall–Kier alpha value is -0.570. The van der Waals surface area contributed by atoms with Crippen LogP contribution in [-0.2, 0) is 14.3 Å². The molecule has 0 amide bonds. The van der Waals surface area contributed by atoms with E-state index in [-0.39, 0.29) is 17.5 Å². The quantitative estimate of drug-likeness (QED) is 0.639. The number of carbonyl (C=O) groups is 1. The van der Waals surface area contributed by atoms with Gasteiger partial charge in [0.25, 0.3) is 0 Å². The van der Waals surface area contributed by atoms with E-state index in [1.54, 1.807) is 0 Å². The van der Waals surface area contributed by atoms with Gasteiger partial charge in [-0.25, -0.2) is 0 Å². The number of ether oxygens (including phenoxy) is 2. The van der Waals surface area contributed by atoms with Gasteiger partial charge in [0.2, 0.25) is 0 Å². The lowest BCUT2D eigenvalue weighted by molar-refractivity contribution is -0.177. The minimum Gasteiger partial charge on any atom is -0.463 e. The molecule has 7 aliphatic rings. The highest BCUT2D eigenvalue weighted by Gasteiger charge is 2.56. The predicted octanol–water partition coefficient (Wildman–Crippen LogP) is 4.98. The van der Waals surface area contributed by atoms with Crippen LogP contribution in [0.25, 0.3) is 0 Å². The van der Waals surface area contributed by atoms with Gasteiger partial charge in [0, 0.05) is 0 Å². The molecule has 0 aromatic rings. The van der Waals surface area contributed by atoms with Crippen LogP contribution in [0.5, 0.6) is 0 Å². The molecule has 27 heavy (non-hydrogen) atoms. The van der Waals surface area contributed by atoms with Crippen LogP contribution in [0, 0.1) is 46.8 Å². The Kier molecular flexibility index (Phi) is 3.98. The van der Waals surface area contributed by atoms with Crippen LogP contribution < -0.4 is 0 Å². The van der Waals surface area contributed by atoms with E-state index in [1.165, 1.54) is 51.4 Å². The monoisotopic (exact) mass is 372 g/mol. The second-order valence-electron chi connectivity index (χ2n) is 11.4. The molecule has 7 fully saturated rings. The zero-order valence-corrected chi connectivity index (χ0v) is 16.9. The topological polar surface area (TPSA) is 35.5 Å². The van der Waals surface area contributed by atoms with Crippen molar-refractivity contribution in [2.24, 2.45) is 46.8 Å². The van der Waals surface area contributed by atoms with Gasteiger partial charge < -0.3 is 9.47 Å². The molecule has 0 aromatic heterocycles. The molecular formula is C24H36O3. The molecule has 7 saturated carbocycles. The molecule has 7 aliphatic carbocycles. The van der Waals surface area contributed by atoms with Crippen LogP contribution in [0.2, 0.25) is 0 Å². The van der Waals surface area contributed by atoms with Crippen molar-refractivity contribution >= 4 is 5.97 Å². The molecule has 6 unspecified atom stereocenters. The average molecular weight is 373 g/mol. The lowest BCUT2D eigenvalue weighted by Gasteiger charge is -2.55. The first-order chi connectivity index (χ1) is 13.1. The summed E-state index contributed by atoms with van der Waals surface area (Å²) in [5.74, 6) is 6.18. The summed E-state index contributed by atoms with van der Waals surface area (Å²) < 4.78 is 12.3. The van der Waals surface area contributed by atoms with Crippen molar-refractivity contribution in [2.75, 3.05) is 6.61 Å². The van der Waals surface area contributed by atoms with Gasteiger partial charge >= 0.3 is 5.97 Å². The summed E-state index contributed by atoms with van der Waals surface area (Å²) in [7, 11) is 0. The Morgan fingerprint density at radius 2 is 1.59 bits per heavy atom. The normalized spacial score (nSPS) is 52.9. The molecule has 3 heteroatoms. The van der Waals surface area contributed by atoms with E-state index in [0.29, 0.717) is 12.7 Å². The maximum Gasteiger partial charge on any atom is 0.312 e. The van der Waals surface area contributed by atoms with E-state index in [4.69, 9.17) is 9.47 Å². The lowest BCUT2D eigenvalue weighted by Crippen LogP contribution is -2.51. The van der Waals surface area contributed by atoms with Crippen LogP contribution in [0.15, 0.2) is 0 Å². The van der Waals surface area contributed by atoms with Gasteiger partial charge in [0.05, 0.1) is 17.6 Å². The fourth-order valence-electron chi connectivity index (χ4n) is 9.21. The van der Waals surface area contributed by atoms with Crippen molar-refractivity contribution in [3.05, 3.63) is 0 Å². The average Bonchev–Trinajstić information content (AvgIpc) is 3.31. The van der Waals surface area contributed by atoms with Gasteiger partial charge in [-0.3, -0.25) is 4.79 Å². The van der Waals surface area contributed by atoms with Crippen LogP contribution >= 0.6 is 0 Å². The van der Waals surface area contributed by atoms with Gasteiger partial charge in [-0.2, -0.15) is 0 Å². The molecule has 150 valence electrons. The van der Waals surface area contributed by atoms with E-state index in [2.05, 4.69) is 6.92 Å².